The number of carbonyl (C=O) groups excluding carboxylic acids is 1. The SMILES string of the molecule is COC(=O)/C=C/c1cc(OC)c(OC)c(S(=O)(=O)Nc2cccc(Cl)c2N(C)C)c1. The number of esters is 1. The lowest BCUT2D eigenvalue weighted by molar-refractivity contribution is -0.134. The van der Waals surface area contributed by atoms with Crippen LogP contribution >= 0.6 is 11.6 Å². The Balaban J connectivity index is 2.62. The largest absolute Gasteiger partial charge is 0.493 e. The van der Waals surface area contributed by atoms with Crippen molar-refractivity contribution in [1.82, 2.24) is 0 Å². The number of hydrogen-bond acceptors (Lipinski definition) is 7. The highest BCUT2D eigenvalue weighted by atomic mass is 35.5. The molecule has 2 aromatic rings. The molecule has 0 aliphatic rings. The molecule has 0 saturated heterocycles. The fourth-order valence-corrected chi connectivity index (χ4v) is 4.36. The summed E-state index contributed by atoms with van der Waals surface area (Å²) in [5.74, 6) is -0.376. The van der Waals surface area contributed by atoms with Gasteiger partial charge in [-0.05, 0) is 35.9 Å². The summed E-state index contributed by atoms with van der Waals surface area (Å²) in [6.07, 6.45) is 2.59. The number of sulfonamides is 1. The summed E-state index contributed by atoms with van der Waals surface area (Å²) in [7, 11) is 3.35. The van der Waals surface area contributed by atoms with Crippen molar-refractivity contribution in [1.29, 1.82) is 0 Å². The summed E-state index contributed by atoms with van der Waals surface area (Å²) >= 11 is 6.24. The van der Waals surface area contributed by atoms with E-state index in [2.05, 4.69) is 9.46 Å². The molecule has 0 radical (unpaired) electrons. The van der Waals surface area contributed by atoms with Crippen LogP contribution in [0.4, 0.5) is 11.4 Å². The molecule has 0 spiro atoms. The van der Waals surface area contributed by atoms with Crippen LogP contribution in [0.15, 0.2) is 41.3 Å². The molecule has 162 valence electrons. The number of methoxy groups -OCH3 is 3. The van der Waals surface area contributed by atoms with E-state index in [1.807, 2.05) is 0 Å². The highest BCUT2D eigenvalue weighted by molar-refractivity contribution is 7.92. The van der Waals surface area contributed by atoms with Crippen molar-refractivity contribution in [2.24, 2.45) is 0 Å². The van der Waals surface area contributed by atoms with Gasteiger partial charge in [0.05, 0.1) is 37.7 Å². The lowest BCUT2D eigenvalue weighted by atomic mass is 10.2. The number of anilines is 2. The van der Waals surface area contributed by atoms with Gasteiger partial charge in [0.15, 0.2) is 11.5 Å². The van der Waals surface area contributed by atoms with Crippen molar-refractivity contribution in [2.45, 2.75) is 4.90 Å². The zero-order valence-corrected chi connectivity index (χ0v) is 18.8. The third-order valence-electron chi connectivity index (χ3n) is 4.05. The van der Waals surface area contributed by atoms with Gasteiger partial charge in [-0.25, -0.2) is 13.2 Å². The smallest absolute Gasteiger partial charge is 0.330 e. The van der Waals surface area contributed by atoms with Gasteiger partial charge in [-0.2, -0.15) is 0 Å². The van der Waals surface area contributed by atoms with Crippen LogP contribution in [0.2, 0.25) is 5.02 Å². The third kappa shape index (κ3) is 5.17. The van der Waals surface area contributed by atoms with Crippen LogP contribution in [-0.2, 0) is 19.6 Å². The Labute approximate surface area is 181 Å². The van der Waals surface area contributed by atoms with Crippen LogP contribution in [-0.4, -0.2) is 49.8 Å². The van der Waals surface area contributed by atoms with Crippen LogP contribution in [0, 0.1) is 0 Å². The molecule has 0 aliphatic heterocycles. The van der Waals surface area contributed by atoms with Gasteiger partial charge >= 0.3 is 5.97 Å². The van der Waals surface area contributed by atoms with Gasteiger partial charge in [0.25, 0.3) is 10.0 Å². The van der Waals surface area contributed by atoms with Gasteiger partial charge < -0.3 is 19.1 Å². The van der Waals surface area contributed by atoms with E-state index >= 15 is 0 Å². The molecule has 0 bridgehead atoms. The molecular weight excluding hydrogens is 432 g/mol. The fourth-order valence-electron chi connectivity index (χ4n) is 2.73. The molecule has 0 atom stereocenters. The highest BCUT2D eigenvalue weighted by Crippen LogP contribution is 2.39. The van der Waals surface area contributed by atoms with Crippen molar-refractivity contribution >= 4 is 45.0 Å². The summed E-state index contributed by atoms with van der Waals surface area (Å²) in [5.41, 5.74) is 1.21. The molecule has 2 aromatic carbocycles. The second-order valence-electron chi connectivity index (χ2n) is 6.25. The van der Waals surface area contributed by atoms with E-state index in [1.54, 1.807) is 43.3 Å². The van der Waals surface area contributed by atoms with Crippen LogP contribution in [0.1, 0.15) is 5.56 Å². The maximum Gasteiger partial charge on any atom is 0.330 e. The third-order valence-corrected chi connectivity index (χ3v) is 5.72. The molecule has 0 aromatic heterocycles. The molecule has 8 nitrogen and oxygen atoms in total. The number of benzene rings is 2. The first-order valence-corrected chi connectivity index (χ1v) is 10.5. The first-order valence-electron chi connectivity index (χ1n) is 8.65. The van der Waals surface area contributed by atoms with E-state index < -0.39 is 16.0 Å². The summed E-state index contributed by atoms with van der Waals surface area (Å²) < 4.78 is 44.2. The van der Waals surface area contributed by atoms with E-state index in [0.29, 0.717) is 22.0 Å². The molecule has 0 unspecified atom stereocenters. The second-order valence-corrected chi connectivity index (χ2v) is 8.30. The van der Waals surface area contributed by atoms with E-state index in [0.717, 1.165) is 0 Å². The number of nitrogens with zero attached hydrogens (tertiary/aromatic N) is 1. The van der Waals surface area contributed by atoms with E-state index in [1.165, 1.54) is 39.5 Å². The Bertz CT molecular complexity index is 1070. The lowest BCUT2D eigenvalue weighted by Gasteiger charge is -2.21. The predicted molar refractivity (Wildman–Crippen MR) is 117 cm³/mol. The molecule has 30 heavy (non-hydrogen) atoms. The van der Waals surface area contributed by atoms with Crippen LogP contribution in [0.5, 0.6) is 11.5 Å². The summed E-state index contributed by atoms with van der Waals surface area (Å²) in [5, 5.41) is 0.388. The van der Waals surface area contributed by atoms with Crippen molar-refractivity contribution in [3.8, 4) is 11.5 Å². The van der Waals surface area contributed by atoms with Crippen molar-refractivity contribution < 1.29 is 27.4 Å². The van der Waals surface area contributed by atoms with E-state index in [9.17, 15) is 13.2 Å². The summed E-state index contributed by atoms with van der Waals surface area (Å²) in [4.78, 5) is 12.9. The van der Waals surface area contributed by atoms with Gasteiger partial charge in [0, 0.05) is 20.2 Å². The average molecular weight is 455 g/mol. The zero-order valence-electron chi connectivity index (χ0n) is 17.2. The first-order chi connectivity index (χ1) is 14.1. The molecule has 10 heteroatoms. The van der Waals surface area contributed by atoms with Gasteiger partial charge in [-0.15, -0.1) is 0 Å². The fraction of sp³-hybridized carbons (Fsp3) is 0.250. The molecule has 0 amide bonds. The number of rotatable bonds is 8. The molecule has 0 saturated carbocycles. The minimum atomic E-state index is -4.12. The minimum absolute atomic E-state index is 0.0219. The van der Waals surface area contributed by atoms with Gasteiger partial charge in [-0.1, -0.05) is 17.7 Å². The molecule has 1 N–H and O–H groups in total. The van der Waals surface area contributed by atoms with Crippen molar-refractivity contribution in [3.63, 3.8) is 0 Å². The molecule has 0 fully saturated rings. The summed E-state index contributed by atoms with van der Waals surface area (Å²) in [6, 6.07) is 7.81. The highest BCUT2D eigenvalue weighted by Gasteiger charge is 2.25. The van der Waals surface area contributed by atoms with Gasteiger partial charge in [0.2, 0.25) is 0 Å². The maximum atomic E-state index is 13.3. The molecule has 0 aliphatic carbocycles. The number of halogens is 1. The second kappa shape index (κ2) is 9.73. The number of para-hydroxylation sites is 1. The Kier molecular flexibility index (Phi) is 7.58. The van der Waals surface area contributed by atoms with Gasteiger partial charge in [0.1, 0.15) is 4.90 Å². The van der Waals surface area contributed by atoms with E-state index in [4.69, 9.17) is 21.1 Å². The average Bonchev–Trinajstić information content (AvgIpc) is 2.70. The number of nitrogens with one attached hydrogen (secondary N) is 1. The Hall–Kier alpha value is -2.91. The molecule has 0 heterocycles. The van der Waals surface area contributed by atoms with Crippen LogP contribution in [0.3, 0.4) is 0 Å². The van der Waals surface area contributed by atoms with Crippen molar-refractivity contribution in [2.75, 3.05) is 45.0 Å². The number of carbonyl (C=O) groups is 1. The Morgan fingerprint density at radius 3 is 2.40 bits per heavy atom. The van der Waals surface area contributed by atoms with Crippen molar-refractivity contribution in [3.05, 3.63) is 47.0 Å². The first kappa shape index (κ1) is 23.4. The molecule has 2 rings (SSSR count). The zero-order chi connectivity index (χ0) is 22.5. The standard InChI is InChI=1S/C20H23ClN2O6S/c1-23(2)19-14(21)7-6-8-15(19)22-30(25,26)17-12-13(9-10-18(24)28-4)11-16(27-3)20(17)29-5/h6-12,22H,1-5H3/b10-9+. The van der Waals surface area contributed by atoms with Crippen LogP contribution < -0.4 is 19.1 Å². The quantitative estimate of drug-likeness (QED) is 0.482. The monoisotopic (exact) mass is 454 g/mol. The Morgan fingerprint density at radius 1 is 1.13 bits per heavy atom. The predicted octanol–water partition coefficient (Wildman–Crippen LogP) is 3.41. The minimum Gasteiger partial charge on any atom is -0.493 e. The Morgan fingerprint density at radius 2 is 1.83 bits per heavy atom. The summed E-state index contributed by atoms with van der Waals surface area (Å²) in [6.45, 7) is 0. The maximum absolute atomic E-state index is 13.3. The topological polar surface area (TPSA) is 94.2 Å². The van der Waals surface area contributed by atoms with Crippen LogP contribution in [0.25, 0.3) is 6.08 Å². The van der Waals surface area contributed by atoms with Gasteiger partial charge in [-0.3, -0.25) is 4.72 Å². The normalized spacial score (nSPS) is 11.3. The lowest BCUT2D eigenvalue weighted by Crippen LogP contribution is -2.18. The molecular formula is C20H23ClN2O6S. The number of ether oxygens (including phenoxy) is 3. The van der Waals surface area contributed by atoms with E-state index in [-0.39, 0.29) is 16.4 Å². The number of hydrogen-bond donors (Lipinski definition) is 1.